The molecule has 1 aromatic carbocycles. The van der Waals surface area contributed by atoms with Crippen molar-refractivity contribution in [3.05, 3.63) is 47.1 Å². The first kappa shape index (κ1) is 25.9. The van der Waals surface area contributed by atoms with E-state index < -0.39 is 5.97 Å². The highest BCUT2D eigenvalue weighted by atomic mass is 16.5. The third-order valence-electron chi connectivity index (χ3n) is 10.1. The maximum atomic E-state index is 13.8. The zero-order valence-corrected chi connectivity index (χ0v) is 22.3. The molecule has 3 aliphatic rings. The van der Waals surface area contributed by atoms with Crippen molar-refractivity contribution in [2.75, 3.05) is 0 Å². The fourth-order valence-electron chi connectivity index (χ4n) is 7.19. The van der Waals surface area contributed by atoms with Crippen LogP contribution in [0.3, 0.4) is 0 Å². The van der Waals surface area contributed by atoms with Crippen LogP contribution >= 0.6 is 0 Å². The SMILES string of the molecule is C=CC1CCC(C)=CC1c1c(O)cc(CCCCC)c(C(=O)OC2CC3CCC2(C)C3(C)C)c1O. The van der Waals surface area contributed by atoms with Crippen molar-refractivity contribution in [3.63, 3.8) is 0 Å². The van der Waals surface area contributed by atoms with Gasteiger partial charge in [-0.2, -0.15) is 0 Å². The number of esters is 1. The Morgan fingerprint density at radius 2 is 1.97 bits per heavy atom. The second-order valence-electron chi connectivity index (χ2n) is 12.1. The number of carbonyl (C=O) groups is 1. The monoisotopic (exact) mass is 480 g/mol. The Morgan fingerprint density at radius 3 is 2.57 bits per heavy atom. The van der Waals surface area contributed by atoms with Crippen molar-refractivity contribution in [2.45, 2.75) is 104 Å². The lowest BCUT2D eigenvalue weighted by molar-refractivity contribution is -0.0245. The number of allylic oxidation sites excluding steroid dienone is 3. The molecule has 2 fully saturated rings. The molecule has 4 rings (SSSR count). The van der Waals surface area contributed by atoms with Crippen LogP contribution < -0.4 is 0 Å². The van der Waals surface area contributed by atoms with Crippen molar-refractivity contribution in [1.82, 2.24) is 0 Å². The first-order chi connectivity index (χ1) is 16.5. The van der Waals surface area contributed by atoms with Crippen molar-refractivity contribution in [2.24, 2.45) is 22.7 Å². The van der Waals surface area contributed by atoms with Crippen molar-refractivity contribution < 1.29 is 19.7 Å². The summed E-state index contributed by atoms with van der Waals surface area (Å²) < 4.78 is 6.24. The summed E-state index contributed by atoms with van der Waals surface area (Å²) in [5.41, 5.74) is 2.66. The van der Waals surface area contributed by atoms with E-state index in [1.165, 1.54) is 12.0 Å². The van der Waals surface area contributed by atoms with E-state index in [1.54, 1.807) is 6.07 Å². The Kier molecular flexibility index (Phi) is 7.14. The minimum absolute atomic E-state index is 0.0533. The number of aryl methyl sites for hydroxylation is 1. The minimum Gasteiger partial charge on any atom is -0.507 e. The lowest BCUT2D eigenvalue weighted by Crippen LogP contribution is -2.38. The average Bonchev–Trinajstić information content (AvgIpc) is 3.13. The quantitative estimate of drug-likeness (QED) is 0.226. The molecule has 0 heterocycles. The standard InChI is InChI=1S/C31H44O4/c1-7-9-10-11-21-17-24(32)27(23-16-19(3)12-13-20(23)8-2)28(33)26(21)29(34)35-25-18-22-14-15-31(25,6)30(22,4)5/h8,16-17,20,22-23,25,32-33H,2,7,9-15,18H2,1,3-6H3. The van der Waals surface area contributed by atoms with Gasteiger partial charge in [0, 0.05) is 16.9 Å². The van der Waals surface area contributed by atoms with Crippen LogP contribution in [0.15, 0.2) is 30.4 Å². The van der Waals surface area contributed by atoms with Crippen LogP contribution in [-0.2, 0) is 11.2 Å². The number of hydrogen-bond donors (Lipinski definition) is 2. The van der Waals surface area contributed by atoms with Crippen LogP contribution in [0.2, 0.25) is 0 Å². The number of benzene rings is 1. The fourth-order valence-corrected chi connectivity index (χ4v) is 7.19. The van der Waals surface area contributed by atoms with Crippen LogP contribution in [0, 0.1) is 22.7 Å². The van der Waals surface area contributed by atoms with Crippen molar-refractivity contribution in [3.8, 4) is 11.5 Å². The molecule has 0 spiro atoms. The maximum Gasteiger partial charge on any atom is 0.342 e. The molecule has 5 atom stereocenters. The summed E-state index contributed by atoms with van der Waals surface area (Å²) in [6, 6.07) is 1.70. The number of phenols is 2. The zero-order chi connectivity index (χ0) is 25.5. The third-order valence-corrected chi connectivity index (χ3v) is 10.1. The molecule has 0 saturated heterocycles. The van der Waals surface area contributed by atoms with Crippen LogP contribution in [0.5, 0.6) is 11.5 Å². The number of rotatable bonds is 8. The van der Waals surface area contributed by atoms with Gasteiger partial charge in [-0.05, 0) is 80.8 Å². The van der Waals surface area contributed by atoms with Gasteiger partial charge in [-0.25, -0.2) is 4.79 Å². The molecule has 35 heavy (non-hydrogen) atoms. The number of unbranched alkanes of at least 4 members (excludes halogenated alkanes) is 2. The summed E-state index contributed by atoms with van der Waals surface area (Å²) in [6.45, 7) is 15.1. The molecule has 0 amide bonds. The first-order valence-corrected chi connectivity index (χ1v) is 13.6. The van der Waals surface area contributed by atoms with Gasteiger partial charge >= 0.3 is 5.97 Å². The smallest absolute Gasteiger partial charge is 0.342 e. The van der Waals surface area contributed by atoms with E-state index in [-0.39, 0.29) is 45.8 Å². The summed E-state index contributed by atoms with van der Waals surface area (Å²) in [7, 11) is 0. The Labute approximate surface area is 211 Å². The average molecular weight is 481 g/mol. The Hall–Kier alpha value is -2.23. The number of phenolic OH excluding ortho intramolecular Hbond substituents is 2. The summed E-state index contributed by atoms with van der Waals surface area (Å²) in [5.74, 6) is -0.0660. The van der Waals surface area contributed by atoms with Gasteiger partial charge in [-0.15, -0.1) is 6.58 Å². The molecule has 2 bridgehead atoms. The molecule has 192 valence electrons. The minimum atomic E-state index is -0.448. The largest absolute Gasteiger partial charge is 0.507 e. The molecule has 4 nitrogen and oxygen atoms in total. The van der Waals surface area contributed by atoms with Gasteiger partial charge in [0.15, 0.2) is 0 Å². The highest BCUT2D eigenvalue weighted by Crippen LogP contribution is 2.66. The number of carbonyl (C=O) groups excluding carboxylic acids is 1. The molecular formula is C31H44O4. The van der Waals surface area contributed by atoms with Crippen molar-refractivity contribution in [1.29, 1.82) is 0 Å². The van der Waals surface area contributed by atoms with Gasteiger partial charge in [-0.1, -0.05) is 58.3 Å². The third kappa shape index (κ3) is 4.32. The summed E-state index contributed by atoms with van der Waals surface area (Å²) in [4.78, 5) is 13.8. The van der Waals surface area contributed by atoms with Gasteiger partial charge in [0.1, 0.15) is 23.2 Å². The van der Waals surface area contributed by atoms with E-state index in [1.807, 2.05) is 6.08 Å². The first-order valence-electron chi connectivity index (χ1n) is 13.6. The predicted molar refractivity (Wildman–Crippen MR) is 141 cm³/mol. The van der Waals surface area contributed by atoms with Crippen LogP contribution in [0.25, 0.3) is 0 Å². The molecular weight excluding hydrogens is 436 g/mol. The number of aromatic hydroxyl groups is 2. The fraction of sp³-hybridized carbons (Fsp3) is 0.645. The Morgan fingerprint density at radius 1 is 1.23 bits per heavy atom. The van der Waals surface area contributed by atoms with Crippen LogP contribution in [-0.4, -0.2) is 22.3 Å². The lowest BCUT2D eigenvalue weighted by atomic mass is 9.70. The van der Waals surface area contributed by atoms with Crippen molar-refractivity contribution >= 4 is 5.97 Å². The second kappa shape index (κ2) is 9.67. The van der Waals surface area contributed by atoms with E-state index in [2.05, 4.69) is 47.3 Å². The molecule has 2 saturated carbocycles. The van der Waals surface area contributed by atoms with Gasteiger partial charge in [-0.3, -0.25) is 0 Å². The van der Waals surface area contributed by atoms with E-state index in [9.17, 15) is 15.0 Å². The number of hydrogen-bond acceptors (Lipinski definition) is 4. The zero-order valence-electron chi connectivity index (χ0n) is 22.3. The van der Waals surface area contributed by atoms with Crippen LogP contribution in [0.4, 0.5) is 0 Å². The molecule has 0 radical (unpaired) electrons. The molecule has 4 heteroatoms. The molecule has 1 aromatic rings. The molecule has 5 unspecified atom stereocenters. The van der Waals surface area contributed by atoms with Gasteiger partial charge in [0.25, 0.3) is 0 Å². The van der Waals surface area contributed by atoms with Gasteiger partial charge in [0.2, 0.25) is 0 Å². The Balaban J connectivity index is 1.74. The maximum absolute atomic E-state index is 13.8. The topological polar surface area (TPSA) is 66.8 Å². The summed E-state index contributed by atoms with van der Waals surface area (Å²) in [6.07, 6.45) is 12.5. The van der Waals surface area contributed by atoms with E-state index in [4.69, 9.17) is 4.74 Å². The van der Waals surface area contributed by atoms with E-state index in [0.29, 0.717) is 23.5 Å². The van der Waals surface area contributed by atoms with Gasteiger partial charge < -0.3 is 14.9 Å². The Bertz CT molecular complexity index is 1020. The molecule has 2 N–H and O–H groups in total. The molecule has 0 aliphatic heterocycles. The predicted octanol–water partition coefficient (Wildman–Crippen LogP) is 7.83. The summed E-state index contributed by atoms with van der Waals surface area (Å²) in [5, 5.41) is 22.7. The highest BCUT2D eigenvalue weighted by Gasteiger charge is 2.63. The van der Waals surface area contributed by atoms with E-state index >= 15 is 0 Å². The van der Waals surface area contributed by atoms with Crippen LogP contribution in [0.1, 0.15) is 113 Å². The number of fused-ring (bicyclic) bond motifs is 2. The highest BCUT2D eigenvalue weighted by molar-refractivity contribution is 5.95. The lowest BCUT2D eigenvalue weighted by Gasteiger charge is -2.38. The number of ether oxygens (including phenoxy) is 1. The molecule has 0 aromatic heterocycles. The van der Waals surface area contributed by atoms with E-state index in [0.717, 1.165) is 44.9 Å². The summed E-state index contributed by atoms with van der Waals surface area (Å²) >= 11 is 0. The second-order valence-corrected chi connectivity index (χ2v) is 12.1. The van der Waals surface area contributed by atoms with Gasteiger partial charge in [0.05, 0.1) is 0 Å². The molecule has 3 aliphatic carbocycles. The normalized spacial score (nSPS) is 31.3.